The topological polar surface area (TPSA) is 66.4 Å². The molecule has 0 aliphatic rings. The van der Waals surface area contributed by atoms with Crippen LogP contribution in [0.5, 0.6) is 0 Å². The van der Waals surface area contributed by atoms with Gasteiger partial charge in [-0.25, -0.2) is 9.48 Å². The van der Waals surface area contributed by atoms with Crippen LogP contribution in [0.3, 0.4) is 0 Å². The number of fused-ring (bicyclic) bond motifs is 1. The SMILES string of the molecule is CCO.CN(C)C(On1nnc2ccccc21)=[N+](C)C. The quantitative estimate of drug-likeness (QED) is 0.454. The first kappa shape index (κ1) is 15.9. The zero-order valence-corrected chi connectivity index (χ0v) is 12.6. The van der Waals surface area contributed by atoms with E-state index in [1.807, 2.05) is 61.9 Å². The Morgan fingerprint density at radius 2 is 1.95 bits per heavy atom. The molecule has 0 aliphatic carbocycles. The number of hydrogen-bond donors (Lipinski definition) is 1. The van der Waals surface area contributed by atoms with Crippen LogP contribution in [-0.2, 0) is 0 Å². The van der Waals surface area contributed by atoms with Crippen LogP contribution in [0.2, 0.25) is 0 Å². The van der Waals surface area contributed by atoms with Gasteiger partial charge in [0.05, 0.1) is 28.2 Å². The second kappa shape index (κ2) is 7.44. The lowest BCUT2D eigenvalue weighted by atomic mass is 10.3. The summed E-state index contributed by atoms with van der Waals surface area (Å²) in [5.74, 6) is 0. The maximum Gasteiger partial charge on any atom is 0.471 e. The van der Waals surface area contributed by atoms with Gasteiger partial charge < -0.3 is 5.11 Å². The second-order valence-corrected chi connectivity index (χ2v) is 4.43. The molecule has 2 aromatic rings. The van der Waals surface area contributed by atoms with Gasteiger partial charge >= 0.3 is 6.02 Å². The van der Waals surface area contributed by atoms with Crippen LogP contribution in [0.25, 0.3) is 11.0 Å². The van der Waals surface area contributed by atoms with E-state index in [0.717, 1.165) is 11.0 Å². The minimum Gasteiger partial charge on any atom is -0.397 e. The first-order valence-corrected chi connectivity index (χ1v) is 6.32. The monoisotopic (exact) mass is 280 g/mol. The van der Waals surface area contributed by atoms with Crippen LogP contribution in [-0.4, -0.2) is 70.6 Å². The lowest BCUT2D eigenvalue weighted by Crippen LogP contribution is -2.39. The molecule has 20 heavy (non-hydrogen) atoms. The van der Waals surface area contributed by atoms with Crippen molar-refractivity contribution in [3.8, 4) is 0 Å². The highest BCUT2D eigenvalue weighted by molar-refractivity contribution is 5.75. The van der Waals surface area contributed by atoms with Crippen LogP contribution in [0.15, 0.2) is 24.3 Å². The largest absolute Gasteiger partial charge is 0.471 e. The molecule has 0 spiro atoms. The van der Waals surface area contributed by atoms with Gasteiger partial charge in [0.15, 0.2) is 0 Å². The van der Waals surface area contributed by atoms with Crippen molar-refractivity contribution in [3.05, 3.63) is 24.3 Å². The Kier molecular flexibility index (Phi) is 5.92. The third-order valence-corrected chi connectivity index (χ3v) is 2.25. The molecule has 0 aliphatic heterocycles. The van der Waals surface area contributed by atoms with Crippen LogP contribution in [0.1, 0.15) is 6.92 Å². The molecule has 1 aromatic carbocycles. The van der Waals surface area contributed by atoms with Gasteiger partial charge in [-0.1, -0.05) is 17.0 Å². The molecule has 0 unspecified atom stereocenters. The molecule has 0 saturated carbocycles. The number of aliphatic hydroxyl groups excluding tert-OH is 1. The summed E-state index contributed by atoms with van der Waals surface area (Å²) in [6, 6.07) is 8.34. The zero-order valence-electron chi connectivity index (χ0n) is 12.6. The molecule has 1 aromatic heterocycles. The third kappa shape index (κ3) is 3.92. The highest BCUT2D eigenvalue weighted by atomic mass is 16.7. The van der Waals surface area contributed by atoms with Crippen molar-refractivity contribution in [1.82, 2.24) is 20.1 Å². The first-order chi connectivity index (χ1) is 9.51. The molecule has 1 N–H and O–H groups in total. The van der Waals surface area contributed by atoms with E-state index in [0.29, 0.717) is 6.02 Å². The number of benzene rings is 1. The lowest BCUT2D eigenvalue weighted by Gasteiger charge is -2.10. The summed E-state index contributed by atoms with van der Waals surface area (Å²) in [4.78, 5) is 8.99. The summed E-state index contributed by atoms with van der Waals surface area (Å²) in [5, 5.41) is 15.6. The van der Waals surface area contributed by atoms with Crippen molar-refractivity contribution in [1.29, 1.82) is 0 Å². The van der Waals surface area contributed by atoms with E-state index < -0.39 is 0 Å². The van der Waals surface area contributed by atoms with Crippen molar-refractivity contribution in [2.45, 2.75) is 6.92 Å². The summed E-state index contributed by atoms with van der Waals surface area (Å²) >= 11 is 0. The van der Waals surface area contributed by atoms with Crippen molar-refractivity contribution in [2.24, 2.45) is 0 Å². The fourth-order valence-corrected chi connectivity index (χ4v) is 1.56. The van der Waals surface area contributed by atoms with Gasteiger partial charge in [-0.15, -0.1) is 5.10 Å². The Balaban J connectivity index is 0.000000612. The predicted octanol–water partition coefficient (Wildman–Crippen LogP) is 0.0482. The molecule has 0 atom stereocenters. The van der Waals surface area contributed by atoms with E-state index in [-0.39, 0.29) is 6.61 Å². The van der Waals surface area contributed by atoms with Gasteiger partial charge in [-0.2, -0.15) is 0 Å². The van der Waals surface area contributed by atoms with E-state index in [9.17, 15) is 0 Å². The molecule has 7 nitrogen and oxygen atoms in total. The fourth-order valence-electron chi connectivity index (χ4n) is 1.56. The molecule has 1 heterocycles. The summed E-state index contributed by atoms with van der Waals surface area (Å²) in [6.45, 7) is 1.93. The average Bonchev–Trinajstić information content (AvgIpc) is 2.79. The van der Waals surface area contributed by atoms with E-state index in [4.69, 9.17) is 9.94 Å². The average molecular weight is 280 g/mol. The van der Waals surface area contributed by atoms with Crippen molar-refractivity contribution in [3.63, 3.8) is 0 Å². The van der Waals surface area contributed by atoms with Crippen LogP contribution >= 0.6 is 0 Å². The molecule has 0 bridgehead atoms. The summed E-state index contributed by atoms with van der Waals surface area (Å²) in [5.41, 5.74) is 1.65. The maximum atomic E-state index is 7.57. The van der Waals surface area contributed by atoms with Crippen molar-refractivity contribution in [2.75, 3.05) is 34.8 Å². The Bertz CT molecular complexity index is 573. The minimum atomic E-state index is 0.250. The Hall–Kier alpha value is -2.15. The minimum absolute atomic E-state index is 0.250. The van der Waals surface area contributed by atoms with E-state index in [1.165, 1.54) is 4.85 Å². The number of hydrogen-bond acceptors (Lipinski definition) is 4. The number of para-hydroxylation sites is 1. The first-order valence-electron chi connectivity index (χ1n) is 6.32. The molecule has 0 amide bonds. The number of aromatic nitrogens is 3. The molecule has 2 rings (SSSR count). The Labute approximate surface area is 118 Å². The zero-order chi connectivity index (χ0) is 15.1. The van der Waals surface area contributed by atoms with E-state index in [2.05, 4.69) is 10.3 Å². The number of rotatable bonds is 1. The van der Waals surface area contributed by atoms with Crippen LogP contribution in [0.4, 0.5) is 0 Å². The molecule has 0 saturated heterocycles. The number of aliphatic hydroxyl groups is 1. The molecule has 0 radical (unpaired) electrons. The highest BCUT2D eigenvalue weighted by Gasteiger charge is 2.17. The lowest BCUT2D eigenvalue weighted by molar-refractivity contribution is -0.480. The highest BCUT2D eigenvalue weighted by Crippen LogP contribution is 2.08. The van der Waals surface area contributed by atoms with Gasteiger partial charge in [-0.05, 0) is 24.3 Å². The smallest absolute Gasteiger partial charge is 0.397 e. The number of amidine groups is 1. The van der Waals surface area contributed by atoms with Crippen molar-refractivity contribution < 1.29 is 14.5 Å². The molecule has 7 heteroatoms. The molecule has 0 fully saturated rings. The van der Waals surface area contributed by atoms with Gasteiger partial charge in [0.1, 0.15) is 11.0 Å². The summed E-state index contributed by atoms with van der Waals surface area (Å²) in [6.07, 6.45) is 0. The molecule has 110 valence electrons. The van der Waals surface area contributed by atoms with Gasteiger partial charge in [0, 0.05) is 6.61 Å². The van der Waals surface area contributed by atoms with Crippen LogP contribution < -0.4 is 4.84 Å². The number of nitrogens with zero attached hydrogens (tertiary/aromatic N) is 5. The van der Waals surface area contributed by atoms with Gasteiger partial charge in [-0.3, -0.25) is 4.84 Å². The maximum absolute atomic E-state index is 7.57. The third-order valence-electron chi connectivity index (χ3n) is 2.25. The fraction of sp³-hybridized carbons (Fsp3) is 0.462. The van der Waals surface area contributed by atoms with Gasteiger partial charge in [0.25, 0.3) is 0 Å². The van der Waals surface area contributed by atoms with E-state index in [1.54, 1.807) is 6.92 Å². The van der Waals surface area contributed by atoms with Gasteiger partial charge in [0.2, 0.25) is 0 Å². The summed E-state index contributed by atoms with van der Waals surface area (Å²) in [7, 11) is 7.64. The normalized spacial score (nSPS) is 9.70. The predicted molar refractivity (Wildman–Crippen MR) is 77.7 cm³/mol. The van der Waals surface area contributed by atoms with E-state index >= 15 is 0 Å². The van der Waals surface area contributed by atoms with Crippen molar-refractivity contribution >= 4 is 17.1 Å². The Morgan fingerprint density at radius 1 is 1.35 bits per heavy atom. The van der Waals surface area contributed by atoms with Crippen LogP contribution in [0, 0.1) is 0 Å². The molecular weight excluding hydrogens is 258 g/mol. The molecular formula is C13H22N5O2+. The summed E-state index contributed by atoms with van der Waals surface area (Å²) < 4.78 is 1.87. The standard InChI is InChI=1S/C11H16N5O.C2H6O/c1-14(2)11(15(3)4)17-16-10-8-6-5-7-9(10)12-13-16;1-2-3/h5-8H,1-4H3;3H,2H2,1H3/q+1;. The Morgan fingerprint density at radius 3 is 2.50 bits per heavy atom. The second-order valence-electron chi connectivity index (χ2n) is 4.43.